The topological polar surface area (TPSA) is 107 Å². The van der Waals surface area contributed by atoms with E-state index >= 15 is 0 Å². The summed E-state index contributed by atoms with van der Waals surface area (Å²) in [6.07, 6.45) is 4.79. The van der Waals surface area contributed by atoms with Gasteiger partial charge in [-0.25, -0.2) is 19.3 Å². The van der Waals surface area contributed by atoms with E-state index in [1.807, 2.05) is 60.7 Å². The Balaban J connectivity index is 1.47. The Morgan fingerprint density at radius 1 is 0.889 bits per heavy atom. The predicted octanol–water partition coefficient (Wildman–Crippen LogP) is 5.60. The lowest BCUT2D eigenvalue weighted by atomic mass is 10.0. The highest BCUT2D eigenvalue weighted by Gasteiger charge is 2.31. The fourth-order valence-electron chi connectivity index (χ4n) is 4.31. The Morgan fingerprint density at radius 2 is 1.69 bits per heavy atom. The summed E-state index contributed by atoms with van der Waals surface area (Å²) in [5.41, 5.74) is 10.1. The number of hydrogen-bond acceptors (Lipinski definition) is 6. The van der Waals surface area contributed by atoms with Crippen molar-refractivity contribution < 1.29 is 9.18 Å². The van der Waals surface area contributed by atoms with Gasteiger partial charge < -0.3 is 11.1 Å². The lowest BCUT2D eigenvalue weighted by Gasteiger charge is -2.14. The number of anilines is 2. The first-order valence-electron chi connectivity index (χ1n) is 11.6. The molecule has 1 aliphatic rings. The average Bonchev–Trinajstić information content (AvgIpc) is 3.74. The lowest BCUT2D eigenvalue weighted by Crippen LogP contribution is -2.20. The zero-order valence-corrected chi connectivity index (χ0v) is 19.1. The molecule has 3 N–H and O–H groups in total. The van der Waals surface area contributed by atoms with E-state index in [4.69, 9.17) is 10.7 Å². The maximum Gasteiger partial charge on any atom is 0.279 e. The number of aromatic nitrogens is 4. The van der Waals surface area contributed by atoms with Crippen LogP contribution in [0.3, 0.4) is 0 Å². The molecule has 1 saturated carbocycles. The molecule has 176 valence electrons. The summed E-state index contributed by atoms with van der Waals surface area (Å²) in [4.78, 5) is 31.2. The van der Waals surface area contributed by atoms with Crippen LogP contribution in [0.4, 0.5) is 16.0 Å². The Hall–Kier alpha value is -4.72. The number of carbonyl (C=O) groups excluding carboxylic acids is 1. The van der Waals surface area contributed by atoms with Crippen LogP contribution in [0.15, 0.2) is 79.1 Å². The Labute approximate surface area is 206 Å². The van der Waals surface area contributed by atoms with E-state index in [2.05, 4.69) is 20.3 Å². The van der Waals surface area contributed by atoms with Crippen molar-refractivity contribution in [2.75, 3.05) is 11.1 Å². The van der Waals surface area contributed by atoms with Gasteiger partial charge in [0.05, 0.1) is 16.9 Å². The van der Waals surface area contributed by atoms with Gasteiger partial charge in [-0.15, -0.1) is 0 Å². The van der Waals surface area contributed by atoms with E-state index in [1.54, 1.807) is 6.20 Å². The molecule has 1 aliphatic carbocycles. The van der Waals surface area contributed by atoms with Crippen LogP contribution < -0.4 is 11.1 Å². The van der Waals surface area contributed by atoms with Gasteiger partial charge in [0, 0.05) is 34.5 Å². The average molecular weight is 477 g/mol. The first-order valence-corrected chi connectivity index (χ1v) is 11.6. The number of carbonyl (C=O) groups is 1. The summed E-state index contributed by atoms with van der Waals surface area (Å²) in [5, 5.41) is 3.64. The number of hydrogen-bond donors (Lipinski definition) is 2. The van der Waals surface area contributed by atoms with Crippen LogP contribution in [0.25, 0.3) is 33.4 Å². The summed E-state index contributed by atoms with van der Waals surface area (Å²) in [7, 11) is 0. The number of nitrogens with two attached hydrogens (primary N) is 1. The maximum atomic E-state index is 14.5. The van der Waals surface area contributed by atoms with Gasteiger partial charge >= 0.3 is 0 Å². The van der Waals surface area contributed by atoms with Crippen molar-refractivity contribution >= 4 is 28.4 Å². The first kappa shape index (κ1) is 21.8. The summed E-state index contributed by atoms with van der Waals surface area (Å²) in [6, 6.07) is 20.4. The quantitative estimate of drug-likeness (QED) is 0.342. The molecule has 0 bridgehead atoms. The molecule has 0 unspecified atom stereocenters. The number of nitrogens with one attached hydrogen (secondary N) is 1. The Morgan fingerprint density at radius 3 is 2.50 bits per heavy atom. The minimum atomic E-state index is -0.594. The van der Waals surface area contributed by atoms with Gasteiger partial charge in [-0.1, -0.05) is 42.5 Å². The molecule has 7 nitrogen and oxygen atoms in total. The highest BCUT2D eigenvalue weighted by Crippen LogP contribution is 2.44. The molecule has 3 aromatic heterocycles. The minimum Gasteiger partial charge on any atom is -0.382 e. The summed E-state index contributed by atoms with van der Waals surface area (Å²) in [6.45, 7) is 0. The minimum absolute atomic E-state index is 0.0260. The molecule has 36 heavy (non-hydrogen) atoms. The van der Waals surface area contributed by atoms with Crippen molar-refractivity contribution in [1.29, 1.82) is 0 Å². The molecule has 5 aromatic rings. The molecule has 1 amide bonds. The summed E-state index contributed by atoms with van der Waals surface area (Å²) in [5.74, 6) is -0.759. The predicted molar refractivity (Wildman–Crippen MR) is 137 cm³/mol. The molecule has 0 radical (unpaired) electrons. The van der Waals surface area contributed by atoms with Crippen molar-refractivity contribution in [3.05, 3.63) is 96.2 Å². The van der Waals surface area contributed by atoms with Crippen molar-refractivity contribution in [3.8, 4) is 22.5 Å². The smallest absolute Gasteiger partial charge is 0.279 e. The normalized spacial score (nSPS) is 13.0. The van der Waals surface area contributed by atoms with E-state index in [9.17, 15) is 9.18 Å². The molecule has 0 spiro atoms. The standard InChI is InChI=1S/C28H21FN6O/c29-20-12-14-32-27(22(20)16-8-9-16)35-28(36)25-26(30)34-23(17-5-2-1-3-6-17)24(33-25)19-10-11-21-18(15-19)7-4-13-31-21/h1-7,10-16H,8-9H2,(H2,30,34)(H,32,35,36). The van der Waals surface area contributed by atoms with Crippen molar-refractivity contribution in [2.24, 2.45) is 0 Å². The number of nitrogens with zero attached hydrogens (tertiary/aromatic N) is 4. The number of fused-ring (bicyclic) bond motifs is 1. The molecule has 3 heterocycles. The number of rotatable bonds is 5. The first-order chi connectivity index (χ1) is 17.6. The fraction of sp³-hybridized carbons (Fsp3) is 0.107. The van der Waals surface area contributed by atoms with Crippen LogP contribution in [-0.4, -0.2) is 25.8 Å². The third-order valence-electron chi connectivity index (χ3n) is 6.22. The van der Waals surface area contributed by atoms with Crippen LogP contribution >= 0.6 is 0 Å². The number of benzene rings is 2. The van der Waals surface area contributed by atoms with E-state index in [0.29, 0.717) is 17.0 Å². The fourth-order valence-corrected chi connectivity index (χ4v) is 4.31. The molecule has 0 saturated heterocycles. The van der Waals surface area contributed by atoms with Gasteiger partial charge in [0.25, 0.3) is 5.91 Å². The second kappa shape index (κ2) is 8.81. The van der Waals surface area contributed by atoms with E-state index in [1.165, 1.54) is 12.3 Å². The highest BCUT2D eigenvalue weighted by atomic mass is 19.1. The van der Waals surface area contributed by atoms with E-state index in [-0.39, 0.29) is 29.1 Å². The number of halogens is 1. The number of pyridine rings is 2. The van der Waals surface area contributed by atoms with Gasteiger partial charge in [0.2, 0.25) is 0 Å². The zero-order chi connectivity index (χ0) is 24.6. The van der Waals surface area contributed by atoms with Gasteiger partial charge in [-0.2, -0.15) is 0 Å². The second-order valence-electron chi connectivity index (χ2n) is 8.72. The van der Waals surface area contributed by atoms with Crippen LogP contribution in [-0.2, 0) is 0 Å². The summed E-state index contributed by atoms with van der Waals surface area (Å²) >= 11 is 0. The zero-order valence-electron chi connectivity index (χ0n) is 19.1. The van der Waals surface area contributed by atoms with Crippen molar-refractivity contribution in [3.63, 3.8) is 0 Å². The van der Waals surface area contributed by atoms with Crippen molar-refractivity contribution in [2.45, 2.75) is 18.8 Å². The largest absolute Gasteiger partial charge is 0.382 e. The van der Waals surface area contributed by atoms with E-state index < -0.39 is 5.91 Å². The van der Waals surface area contributed by atoms with Crippen molar-refractivity contribution in [1.82, 2.24) is 19.9 Å². The highest BCUT2D eigenvalue weighted by molar-refractivity contribution is 6.06. The van der Waals surface area contributed by atoms with Gasteiger partial charge in [0.15, 0.2) is 11.5 Å². The molecule has 0 aliphatic heterocycles. The SMILES string of the molecule is Nc1nc(-c2ccccc2)c(-c2ccc3ncccc3c2)nc1C(=O)Nc1nccc(F)c1C1CC1. The summed E-state index contributed by atoms with van der Waals surface area (Å²) < 4.78 is 14.5. The molecular weight excluding hydrogens is 455 g/mol. The molecular formula is C28H21FN6O. The van der Waals surface area contributed by atoms with Crippen LogP contribution in [0.1, 0.15) is 34.8 Å². The monoisotopic (exact) mass is 476 g/mol. The van der Waals surface area contributed by atoms with E-state index in [0.717, 1.165) is 34.9 Å². The third kappa shape index (κ3) is 4.02. The molecule has 0 atom stereocenters. The number of amides is 1. The van der Waals surface area contributed by atoms with Gasteiger partial charge in [-0.05, 0) is 43.0 Å². The maximum absolute atomic E-state index is 14.5. The molecule has 2 aromatic carbocycles. The van der Waals surface area contributed by atoms with Crippen LogP contribution in [0.5, 0.6) is 0 Å². The van der Waals surface area contributed by atoms with Crippen LogP contribution in [0, 0.1) is 5.82 Å². The molecule has 6 rings (SSSR count). The Bertz CT molecular complexity index is 1620. The molecule has 1 fully saturated rings. The molecule has 8 heteroatoms. The Kier molecular flexibility index (Phi) is 5.33. The lowest BCUT2D eigenvalue weighted by molar-refractivity contribution is 0.102. The second-order valence-corrected chi connectivity index (χ2v) is 8.72. The van der Waals surface area contributed by atoms with Gasteiger partial charge in [0.1, 0.15) is 11.6 Å². The number of nitrogen functional groups attached to an aromatic ring is 1. The third-order valence-corrected chi connectivity index (χ3v) is 6.22. The van der Waals surface area contributed by atoms with Crippen LogP contribution in [0.2, 0.25) is 0 Å². The van der Waals surface area contributed by atoms with Gasteiger partial charge in [-0.3, -0.25) is 9.78 Å².